The molecule has 0 aliphatic rings. The first-order valence-corrected chi connectivity index (χ1v) is 6.11. The number of rotatable bonds is 4. The molecule has 1 aromatic rings. The molecular formula is C9H13N3O3S. The van der Waals surface area contributed by atoms with Crippen LogP contribution in [-0.2, 0) is 10.0 Å². The highest BCUT2D eigenvalue weighted by Gasteiger charge is 2.28. The molecule has 1 rings (SSSR count). The second-order valence-corrected chi connectivity index (χ2v) is 5.37. The smallest absolute Gasteiger partial charge is 0.248 e. The standard InChI is InChI=1S/C9H13N3O3S/c1-7-9(8(2)15-11-7)16(13,14)12(3)6-4-5-10/h4,6H2,1-3H3. The quantitative estimate of drug-likeness (QED) is 0.781. The molecule has 16 heavy (non-hydrogen) atoms. The normalized spacial score (nSPS) is 11.7. The number of nitriles is 1. The summed E-state index contributed by atoms with van der Waals surface area (Å²) in [4.78, 5) is 0.0907. The Labute approximate surface area is 94.5 Å². The summed E-state index contributed by atoms with van der Waals surface area (Å²) in [6.07, 6.45) is 0.152. The Hall–Kier alpha value is -1.39. The van der Waals surface area contributed by atoms with Gasteiger partial charge in [0.25, 0.3) is 0 Å². The van der Waals surface area contributed by atoms with Crippen molar-refractivity contribution >= 4 is 10.0 Å². The van der Waals surface area contributed by atoms with Gasteiger partial charge in [0, 0.05) is 20.0 Å². The van der Waals surface area contributed by atoms with Gasteiger partial charge in [-0.3, -0.25) is 0 Å². The van der Waals surface area contributed by atoms with Crippen LogP contribution in [0.3, 0.4) is 0 Å². The second kappa shape index (κ2) is 4.63. The van der Waals surface area contributed by atoms with Crippen molar-refractivity contribution in [1.29, 1.82) is 5.26 Å². The minimum absolute atomic E-state index is 0.0907. The first-order valence-electron chi connectivity index (χ1n) is 4.67. The number of sulfonamides is 1. The predicted molar refractivity (Wildman–Crippen MR) is 56.0 cm³/mol. The van der Waals surface area contributed by atoms with Crippen molar-refractivity contribution in [3.63, 3.8) is 0 Å². The molecule has 0 saturated carbocycles. The van der Waals surface area contributed by atoms with Crippen LogP contribution in [0.5, 0.6) is 0 Å². The summed E-state index contributed by atoms with van der Waals surface area (Å²) in [5.41, 5.74) is 0.335. The van der Waals surface area contributed by atoms with Crippen molar-refractivity contribution in [2.24, 2.45) is 0 Å². The Morgan fingerprint density at radius 1 is 1.50 bits per heavy atom. The van der Waals surface area contributed by atoms with Crippen LogP contribution in [0.25, 0.3) is 0 Å². The van der Waals surface area contributed by atoms with E-state index < -0.39 is 10.0 Å². The van der Waals surface area contributed by atoms with E-state index in [0.717, 1.165) is 4.31 Å². The summed E-state index contributed by atoms with van der Waals surface area (Å²) in [7, 11) is -2.17. The molecule has 0 N–H and O–H groups in total. The zero-order valence-corrected chi connectivity index (χ0v) is 10.2. The van der Waals surface area contributed by atoms with E-state index in [9.17, 15) is 8.42 Å². The molecule has 0 amide bonds. The zero-order valence-electron chi connectivity index (χ0n) is 9.39. The average Bonchev–Trinajstić information content (AvgIpc) is 2.55. The van der Waals surface area contributed by atoms with Crippen molar-refractivity contribution in [3.8, 4) is 6.07 Å². The highest BCUT2D eigenvalue weighted by molar-refractivity contribution is 7.89. The Balaban J connectivity index is 3.08. The lowest BCUT2D eigenvalue weighted by molar-refractivity contribution is 0.390. The minimum Gasteiger partial charge on any atom is -0.360 e. The fourth-order valence-corrected chi connectivity index (χ4v) is 2.78. The first kappa shape index (κ1) is 12.7. The van der Waals surface area contributed by atoms with Crippen LogP contribution in [0.4, 0.5) is 0 Å². The van der Waals surface area contributed by atoms with Gasteiger partial charge >= 0.3 is 0 Å². The Morgan fingerprint density at radius 2 is 2.12 bits per heavy atom. The molecule has 0 unspecified atom stereocenters. The molecule has 0 aliphatic heterocycles. The Morgan fingerprint density at radius 3 is 2.56 bits per heavy atom. The second-order valence-electron chi connectivity index (χ2n) is 3.39. The summed E-state index contributed by atoms with van der Waals surface area (Å²) in [6.45, 7) is 3.27. The van der Waals surface area contributed by atoms with E-state index in [2.05, 4.69) is 5.16 Å². The lowest BCUT2D eigenvalue weighted by Gasteiger charge is -2.14. The van der Waals surface area contributed by atoms with Crippen LogP contribution in [0, 0.1) is 25.2 Å². The van der Waals surface area contributed by atoms with Crippen LogP contribution in [-0.4, -0.2) is 31.5 Å². The molecule has 0 spiro atoms. The topological polar surface area (TPSA) is 87.2 Å². The zero-order chi connectivity index (χ0) is 12.3. The van der Waals surface area contributed by atoms with Gasteiger partial charge in [-0.25, -0.2) is 8.42 Å². The van der Waals surface area contributed by atoms with Gasteiger partial charge in [0.15, 0.2) is 5.76 Å². The van der Waals surface area contributed by atoms with Gasteiger partial charge in [0.2, 0.25) is 10.0 Å². The number of aryl methyl sites for hydroxylation is 2. The van der Waals surface area contributed by atoms with Crippen molar-refractivity contribution in [2.75, 3.05) is 13.6 Å². The Kier molecular flexibility index (Phi) is 3.67. The van der Waals surface area contributed by atoms with E-state index in [0.29, 0.717) is 5.69 Å². The maximum absolute atomic E-state index is 12.1. The monoisotopic (exact) mass is 243 g/mol. The van der Waals surface area contributed by atoms with Gasteiger partial charge in [0.1, 0.15) is 10.6 Å². The number of nitrogens with zero attached hydrogens (tertiary/aromatic N) is 3. The van der Waals surface area contributed by atoms with Crippen LogP contribution < -0.4 is 0 Å². The fraction of sp³-hybridized carbons (Fsp3) is 0.556. The van der Waals surface area contributed by atoms with E-state index in [1.165, 1.54) is 7.05 Å². The molecule has 0 atom stereocenters. The molecular weight excluding hydrogens is 230 g/mol. The molecule has 88 valence electrons. The van der Waals surface area contributed by atoms with Gasteiger partial charge in [-0.2, -0.15) is 9.57 Å². The van der Waals surface area contributed by atoms with E-state index >= 15 is 0 Å². The number of aromatic nitrogens is 1. The molecule has 1 heterocycles. The summed E-state index contributed by atoms with van der Waals surface area (Å²) < 4.78 is 30.1. The van der Waals surface area contributed by atoms with Gasteiger partial charge in [-0.1, -0.05) is 5.16 Å². The maximum atomic E-state index is 12.1. The SMILES string of the molecule is Cc1noc(C)c1S(=O)(=O)N(C)CCC#N. The predicted octanol–water partition coefficient (Wildman–Crippen LogP) is 0.826. The van der Waals surface area contributed by atoms with Gasteiger partial charge in [-0.05, 0) is 13.8 Å². The minimum atomic E-state index is -3.60. The average molecular weight is 243 g/mol. The molecule has 0 saturated heterocycles. The van der Waals surface area contributed by atoms with Crippen LogP contribution in [0.2, 0.25) is 0 Å². The molecule has 0 radical (unpaired) electrons. The van der Waals surface area contributed by atoms with E-state index in [1.54, 1.807) is 13.8 Å². The van der Waals surface area contributed by atoms with Crippen LogP contribution >= 0.6 is 0 Å². The number of hydrogen-bond acceptors (Lipinski definition) is 5. The molecule has 7 heteroatoms. The molecule has 0 aliphatic carbocycles. The largest absolute Gasteiger partial charge is 0.360 e. The van der Waals surface area contributed by atoms with Gasteiger partial charge < -0.3 is 4.52 Å². The summed E-state index contributed by atoms with van der Waals surface area (Å²) in [5, 5.41) is 12.0. The molecule has 0 fully saturated rings. The maximum Gasteiger partial charge on any atom is 0.248 e. The molecule has 6 nitrogen and oxygen atoms in total. The lowest BCUT2D eigenvalue weighted by Crippen LogP contribution is -2.28. The highest BCUT2D eigenvalue weighted by Crippen LogP contribution is 2.22. The van der Waals surface area contributed by atoms with Crippen LogP contribution in [0.1, 0.15) is 17.9 Å². The summed E-state index contributed by atoms with van der Waals surface area (Å²) >= 11 is 0. The number of hydrogen-bond donors (Lipinski definition) is 0. The third kappa shape index (κ3) is 2.23. The van der Waals surface area contributed by atoms with Crippen molar-refractivity contribution in [1.82, 2.24) is 9.46 Å². The molecule has 0 bridgehead atoms. The van der Waals surface area contributed by atoms with Crippen LogP contribution in [0.15, 0.2) is 9.42 Å². The van der Waals surface area contributed by atoms with Crippen molar-refractivity contribution in [2.45, 2.75) is 25.2 Å². The van der Waals surface area contributed by atoms with E-state index in [4.69, 9.17) is 9.78 Å². The third-order valence-corrected chi connectivity index (χ3v) is 4.28. The first-order chi connectivity index (χ1) is 7.41. The third-order valence-electron chi connectivity index (χ3n) is 2.17. The van der Waals surface area contributed by atoms with Gasteiger partial charge in [-0.15, -0.1) is 0 Å². The molecule has 0 aromatic carbocycles. The van der Waals surface area contributed by atoms with Crippen molar-refractivity contribution in [3.05, 3.63) is 11.5 Å². The lowest BCUT2D eigenvalue weighted by atomic mass is 10.4. The van der Waals surface area contributed by atoms with E-state index in [1.807, 2.05) is 6.07 Å². The fourth-order valence-electron chi connectivity index (χ4n) is 1.33. The van der Waals surface area contributed by atoms with Gasteiger partial charge in [0.05, 0.1) is 6.07 Å². The Bertz CT molecular complexity index is 493. The molecule has 1 aromatic heterocycles. The highest BCUT2D eigenvalue weighted by atomic mass is 32.2. The van der Waals surface area contributed by atoms with Crippen molar-refractivity contribution < 1.29 is 12.9 Å². The summed E-state index contributed by atoms with van der Waals surface area (Å²) in [6, 6.07) is 1.90. The summed E-state index contributed by atoms with van der Waals surface area (Å²) in [5.74, 6) is 0.265. The van der Waals surface area contributed by atoms with E-state index in [-0.39, 0.29) is 23.6 Å².